The van der Waals surface area contributed by atoms with Crippen LogP contribution in [0.1, 0.15) is 27.7 Å². The van der Waals surface area contributed by atoms with Crippen LogP contribution in [0.25, 0.3) is 0 Å². The van der Waals surface area contributed by atoms with E-state index in [4.69, 9.17) is 14.2 Å². The summed E-state index contributed by atoms with van der Waals surface area (Å²) < 4.78 is 14.3. The molecule has 12 nitrogen and oxygen atoms in total. The SMILES string of the molecule is CCOC(=O)C(=O)N(c1ccc([N+](=O)[O-])cc1)C(C(=O)OC)C(=C=NC(C)(C)C)C(=O)OC. The van der Waals surface area contributed by atoms with Crippen LogP contribution in [0.2, 0.25) is 0 Å². The third-order valence-corrected chi connectivity index (χ3v) is 3.88. The fourth-order valence-electron chi connectivity index (χ4n) is 2.43. The average Bonchev–Trinajstić information content (AvgIpc) is 2.76. The highest BCUT2D eigenvalue weighted by molar-refractivity contribution is 6.39. The lowest BCUT2D eigenvalue weighted by molar-refractivity contribution is -0.384. The van der Waals surface area contributed by atoms with Gasteiger partial charge in [0.25, 0.3) is 5.69 Å². The Morgan fingerprint density at radius 3 is 2.09 bits per heavy atom. The first kappa shape index (κ1) is 27.0. The minimum Gasteiger partial charge on any atom is -0.467 e. The molecule has 0 aliphatic carbocycles. The number of hydrogen-bond acceptors (Lipinski definition) is 10. The number of aliphatic imine (C=N–C) groups is 1. The Morgan fingerprint density at radius 2 is 1.67 bits per heavy atom. The predicted molar refractivity (Wildman–Crippen MR) is 116 cm³/mol. The van der Waals surface area contributed by atoms with E-state index in [2.05, 4.69) is 10.9 Å². The maximum atomic E-state index is 13.0. The Labute approximate surface area is 190 Å². The van der Waals surface area contributed by atoms with Gasteiger partial charge in [0.15, 0.2) is 6.04 Å². The number of amides is 1. The van der Waals surface area contributed by atoms with Gasteiger partial charge in [-0.15, -0.1) is 0 Å². The third-order valence-electron chi connectivity index (χ3n) is 3.88. The number of nitrogens with zero attached hydrogens (tertiary/aromatic N) is 3. The highest BCUT2D eigenvalue weighted by Gasteiger charge is 2.42. The minimum absolute atomic E-state index is 0.131. The second-order valence-electron chi connectivity index (χ2n) is 7.39. The van der Waals surface area contributed by atoms with Crippen molar-refractivity contribution in [2.24, 2.45) is 4.99 Å². The van der Waals surface area contributed by atoms with Gasteiger partial charge in [0.1, 0.15) is 5.57 Å². The lowest BCUT2D eigenvalue weighted by atomic mass is 10.0. The Kier molecular flexibility index (Phi) is 9.43. The van der Waals surface area contributed by atoms with E-state index in [1.807, 2.05) is 0 Å². The molecule has 0 spiro atoms. The Morgan fingerprint density at radius 1 is 1.09 bits per heavy atom. The van der Waals surface area contributed by atoms with Crippen LogP contribution in [0.15, 0.2) is 34.8 Å². The van der Waals surface area contributed by atoms with E-state index in [1.54, 1.807) is 20.8 Å². The molecule has 178 valence electrons. The number of methoxy groups -OCH3 is 2. The van der Waals surface area contributed by atoms with Crippen molar-refractivity contribution in [3.8, 4) is 0 Å². The molecule has 0 heterocycles. The van der Waals surface area contributed by atoms with Crippen LogP contribution in [0.4, 0.5) is 11.4 Å². The fourth-order valence-corrected chi connectivity index (χ4v) is 2.43. The zero-order chi connectivity index (χ0) is 25.3. The molecule has 0 aliphatic heterocycles. The standard InChI is InChI=1S/C21H25N3O9/c1-7-33-20(28)17(25)23(13-8-10-14(11-9-13)24(29)30)16(19(27)32-6)15(18(26)31-5)12-22-21(2,3)4/h8-11,16H,7H2,1-6H3. The van der Waals surface area contributed by atoms with Crippen molar-refractivity contribution in [1.82, 2.24) is 0 Å². The largest absolute Gasteiger partial charge is 0.467 e. The molecule has 1 atom stereocenters. The van der Waals surface area contributed by atoms with Crippen molar-refractivity contribution in [3.05, 3.63) is 40.0 Å². The van der Waals surface area contributed by atoms with Gasteiger partial charge in [-0.3, -0.25) is 19.8 Å². The van der Waals surface area contributed by atoms with E-state index >= 15 is 0 Å². The summed E-state index contributed by atoms with van der Waals surface area (Å²) in [4.78, 5) is 65.7. The van der Waals surface area contributed by atoms with Crippen molar-refractivity contribution in [3.63, 3.8) is 0 Å². The van der Waals surface area contributed by atoms with E-state index in [0.717, 1.165) is 38.5 Å². The number of hydrogen-bond donors (Lipinski definition) is 0. The van der Waals surface area contributed by atoms with Crippen LogP contribution >= 0.6 is 0 Å². The molecule has 12 heteroatoms. The second-order valence-corrected chi connectivity index (χ2v) is 7.39. The van der Waals surface area contributed by atoms with Crippen molar-refractivity contribution in [2.45, 2.75) is 39.3 Å². The summed E-state index contributed by atoms with van der Waals surface area (Å²) in [5.74, 6) is -2.41. The van der Waals surface area contributed by atoms with Gasteiger partial charge in [0.05, 0.1) is 31.3 Å². The molecule has 0 saturated carbocycles. The van der Waals surface area contributed by atoms with Gasteiger partial charge >= 0.3 is 23.8 Å². The van der Waals surface area contributed by atoms with Crippen molar-refractivity contribution in [2.75, 3.05) is 25.7 Å². The van der Waals surface area contributed by atoms with Crippen molar-refractivity contribution >= 4 is 41.1 Å². The number of esters is 3. The summed E-state index contributed by atoms with van der Waals surface area (Å²) in [7, 11) is 2.05. The van der Waals surface area contributed by atoms with E-state index in [9.17, 15) is 29.3 Å². The van der Waals surface area contributed by atoms with Gasteiger partial charge in [-0.25, -0.2) is 19.4 Å². The normalized spacial score (nSPS) is 11.3. The lowest BCUT2D eigenvalue weighted by Crippen LogP contribution is -2.51. The number of carbonyl (C=O) groups excluding carboxylic acids is 4. The first-order valence-electron chi connectivity index (χ1n) is 9.63. The summed E-state index contributed by atoms with van der Waals surface area (Å²) in [6.07, 6.45) is 0. The van der Waals surface area contributed by atoms with Gasteiger partial charge in [0.2, 0.25) is 0 Å². The van der Waals surface area contributed by atoms with Crippen LogP contribution in [0.3, 0.4) is 0 Å². The smallest absolute Gasteiger partial charge is 0.397 e. The summed E-state index contributed by atoms with van der Waals surface area (Å²) in [5.41, 5.74) is -1.71. The fraction of sp³-hybridized carbons (Fsp3) is 0.429. The molecule has 0 radical (unpaired) electrons. The number of anilines is 1. The highest BCUT2D eigenvalue weighted by Crippen LogP contribution is 2.25. The van der Waals surface area contributed by atoms with Crippen LogP contribution in [-0.4, -0.2) is 67.0 Å². The first-order valence-corrected chi connectivity index (χ1v) is 9.63. The Bertz CT molecular complexity index is 987. The number of nitro benzene ring substituents is 1. The van der Waals surface area contributed by atoms with Gasteiger partial charge < -0.3 is 14.2 Å². The van der Waals surface area contributed by atoms with Gasteiger partial charge in [-0.05, 0) is 45.7 Å². The first-order chi connectivity index (χ1) is 15.4. The molecule has 1 aromatic carbocycles. The van der Waals surface area contributed by atoms with Gasteiger partial charge in [0, 0.05) is 17.8 Å². The van der Waals surface area contributed by atoms with E-state index in [0.29, 0.717) is 4.90 Å². The topological polar surface area (TPSA) is 155 Å². The zero-order valence-electron chi connectivity index (χ0n) is 19.1. The lowest BCUT2D eigenvalue weighted by Gasteiger charge is -2.29. The number of ether oxygens (including phenoxy) is 3. The molecule has 1 rings (SSSR count). The summed E-state index contributed by atoms with van der Waals surface area (Å²) in [5, 5.41) is 11.0. The molecule has 0 N–H and O–H groups in total. The molecule has 1 unspecified atom stereocenters. The molecule has 0 saturated heterocycles. The molecule has 0 aliphatic rings. The zero-order valence-corrected chi connectivity index (χ0v) is 19.1. The predicted octanol–water partition coefficient (Wildman–Crippen LogP) is 1.60. The molecule has 0 aromatic heterocycles. The summed E-state index contributed by atoms with van der Waals surface area (Å²) >= 11 is 0. The number of non-ortho nitro benzene ring substituents is 1. The average molecular weight is 463 g/mol. The molecule has 0 fully saturated rings. The van der Waals surface area contributed by atoms with Crippen LogP contribution in [0.5, 0.6) is 0 Å². The Hall–Kier alpha value is -4.05. The van der Waals surface area contributed by atoms with Crippen LogP contribution < -0.4 is 4.90 Å². The maximum Gasteiger partial charge on any atom is 0.397 e. The maximum absolute atomic E-state index is 13.0. The van der Waals surface area contributed by atoms with Crippen molar-refractivity contribution in [1.29, 1.82) is 0 Å². The third kappa shape index (κ3) is 7.25. The van der Waals surface area contributed by atoms with Crippen molar-refractivity contribution < 1.29 is 38.3 Å². The van der Waals surface area contributed by atoms with E-state index in [-0.39, 0.29) is 18.0 Å². The molecular weight excluding hydrogens is 438 g/mol. The molecule has 1 aromatic rings. The Balaban J connectivity index is 3.90. The van der Waals surface area contributed by atoms with Crippen LogP contribution in [-0.2, 0) is 33.4 Å². The number of benzene rings is 1. The molecular formula is C21H25N3O9. The molecule has 1 amide bonds. The monoisotopic (exact) mass is 463 g/mol. The second kappa shape index (κ2) is 11.5. The summed E-state index contributed by atoms with van der Waals surface area (Å²) in [6.45, 7) is 6.40. The number of nitro groups is 1. The van der Waals surface area contributed by atoms with Gasteiger partial charge in [-0.1, -0.05) is 0 Å². The van der Waals surface area contributed by atoms with E-state index in [1.165, 1.54) is 6.92 Å². The number of rotatable bonds is 7. The van der Waals surface area contributed by atoms with Crippen LogP contribution in [0, 0.1) is 10.1 Å². The summed E-state index contributed by atoms with van der Waals surface area (Å²) in [6, 6.07) is 2.49. The quantitative estimate of drug-likeness (QED) is 0.111. The minimum atomic E-state index is -1.87. The van der Waals surface area contributed by atoms with E-state index < -0.39 is 45.9 Å². The van der Waals surface area contributed by atoms with Gasteiger partial charge in [-0.2, -0.15) is 0 Å². The number of carbonyl (C=O) groups is 4. The molecule has 0 bridgehead atoms. The highest BCUT2D eigenvalue weighted by atomic mass is 16.6. The molecule has 33 heavy (non-hydrogen) atoms.